The fourth-order valence-corrected chi connectivity index (χ4v) is 3.55. The second kappa shape index (κ2) is 6.26. The van der Waals surface area contributed by atoms with Crippen LogP contribution in [0.3, 0.4) is 0 Å². The van der Waals surface area contributed by atoms with Crippen LogP contribution in [0.15, 0.2) is 24.3 Å². The highest BCUT2D eigenvalue weighted by Crippen LogP contribution is 2.37. The summed E-state index contributed by atoms with van der Waals surface area (Å²) in [6, 6.07) is 7.49. The van der Waals surface area contributed by atoms with Gasteiger partial charge >= 0.3 is 5.97 Å². The molecule has 1 unspecified atom stereocenters. The van der Waals surface area contributed by atoms with E-state index in [1.165, 1.54) is 0 Å². The zero-order valence-corrected chi connectivity index (χ0v) is 12.8. The highest BCUT2D eigenvalue weighted by atomic mass is 35.5. The van der Waals surface area contributed by atoms with Crippen molar-refractivity contribution in [3.63, 3.8) is 0 Å². The number of nitrogens with zero attached hydrogens (tertiary/aromatic N) is 1. The number of aliphatic carboxylic acids is 1. The zero-order valence-electron chi connectivity index (χ0n) is 12.1. The van der Waals surface area contributed by atoms with Crippen LogP contribution in [0.25, 0.3) is 0 Å². The molecule has 1 aromatic rings. The van der Waals surface area contributed by atoms with Crippen LogP contribution in [0.5, 0.6) is 0 Å². The van der Waals surface area contributed by atoms with E-state index in [-0.39, 0.29) is 11.9 Å². The molecule has 1 aromatic carbocycles. The van der Waals surface area contributed by atoms with Gasteiger partial charge in [-0.15, -0.1) is 0 Å². The molecule has 2 heterocycles. The van der Waals surface area contributed by atoms with Gasteiger partial charge in [0.2, 0.25) is 0 Å². The van der Waals surface area contributed by atoms with Gasteiger partial charge in [-0.25, -0.2) is 4.79 Å². The average molecular weight is 324 g/mol. The summed E-state index contributed by atoms with van der Waals surface area (Å²) in [5.74, 6) is -1.12. The van der Waals surface area contributed by atoms with Crippen molar-refractivity contribution in [3.05, 3.63) is 34.9 Å². The first-order valence-corrected chi connectivity index (χ1v) is 7.89. The standard InChI is InChI=1S/C16H18ClNO4/c17-11-5-2-1-4-10(11)12-6-3-9-18(12)15(19)13-7-8-14(22-13)16(20)21/h1-2,4-5,12-14H,3,6-9H2,(H,20,21)/t12?,13-,14+/m0/s1. The molecule has 1 amide bonds. The van der Waals surface area contributed by atoms with E-state index in [0.29, 0.717) is 24.4 Å². The van der Waals surface area contributed by atoms with Crippen molar-refractivity contribution in [1.29, 1.82) is 0 Å². The Morgan fingerprint density at radius 2 is 1.91 bits per heavy atom. The number of hydrogen-bond acceptors (Lipinski definition) is 3. The van der Waals surface area contributed by atoms with Crippen molar-refractivity contribution < 1.29 is 19.4 Å². The van der Waals surface area contributed by atoms with Gasteiger partial charge in [0.1, 0.15) is 6.10 Å². The summed E-state index contributed by atoms with van der Waals surface area (Å²) in [7, 11) is 0. The molecule has 0 aliphatic carbocycles. The fraction of sp³-hybridized carbons (Fsp3) is 0.500. The third-order valence-corrected chi connectivity index (χ3v) is 4.71. The first-order chi connectivity index (χ1) is 10.6. The molecular weight excluding hydrogens is 306 g/mol. The summed E-state index contributed by atoms with van der Waals surface area (Å²) in [4.78, 5) is 25.4. The van der Waals surface area contributed by atoms with E-state index in [0.717, 1.165) is 18.4 Å². The van der Waals surface area contributed by atoms with E-state index in [1.54, 1.807) is 4.90 Å². The monoisotopic (exact) mass is 323 g/mol. The van der Waals surface area contributed by atoms with Gasteiger partial charge in [0.15, 0.2) is 6.10 Å². The lowest BCUT2D eigenvalue weighted by molar-refractivity contribution is -0.155. The van der Waals surface area contributed by atoms with Gasteiger partial charge in [0.05, 0.1) is 6.04 Å². The Labute approximate surface area is 133 Å². The Kier molecular flexibility index (Phi) is 4.36. The second-order valence-electron chi connectivity index (χ2n) is 5.74. The number of halogens is 1. The first-order valence-electron chi connectivity index (χ1n) is 7.51. The zero-order chi connectivity index (χ0) is 15.7. The maximum atomic E-state index is 12.7. The van der Waals surface area contributed by atoms with Crippen LogP contribution in [-0.2, 0) is 14.3 Å². The number of amides is 1. The minimum Gasteiger partial charge on any atom is -0.479 e. The minimum absolute atomic E-state index is 0.0475. The molecule has 2 saturated heterocycles. The van der Waals surface area contributed by atoms with E-state index in [9.17, 15) is 9.59 Å². The van der Waals surface area contributed by atoms with Crippen LogP contribution in [0.2, 0.25) is 5.02 Å². The lowest BCUT2D eigenvalue weighted by Gasteiger charge is -2.28. The number of carbonyl (C=O) groups is 2. The quantitative estimate of drug-likeness (QED) is 0.928. The fourth-order valence-electron chi connectivity index (χ4n) is 3.28. The van der Waals surface area contributed by atoms with Crippen LogP contribution in [0.4, 0.5) is 0 Å². The molecule has 1 N–H and O–H groups in total. The van der Waals surface area contributed by atoms with Crippen molar-refractivity contribution >= 4 is 23.5 Å². The van der Waals surface area contributed by atoms with Crippen molar-refractivity contribution in [3.8, 4) is 0 Å². The molecule has 118 valence electrons. The third kappa shape index (κ3) is 2.83. The molecule has 3 rings (SSSR count). The maximum absolute atomic E-state index is 12.7. The number of carboxylic acid groups (broad SMARTS) is 1. The minimum atomic E-state index is -1.00. The Hall–Kier alpha value is -1.59. The summed E-state index contributed by atoms with van der Waals surface area (Å²) in [6.45, 7) is 0.659. The van der Waals surface area contributed by atoms with Crippen molar-refractivity contribution in [2.45, 2.75) is 43.9 Å². The SMILES string of the molecule is O=C(O)[C@H]1CC[C@@H](C(=O)N2CCCC2c2ccccc2Cl)O1. The van der Waals surface area contributed by atoms with Gasteiger partial charge in [-0.05, 0) is 37.3 Å². The Morgan fingerprint density at radius 3 is 2.59 bits per heavy atom. The molecule has 0 radical (unpaired) electrons. The summed E-state index contributed by atoms with van der Waals surface area (Å²) in [5.41, 5.74) is 0.947. The van der Waals surface area contributed by atoms with E-state index in [4.69, 9.17) is 21.4 Å². The topological polar surface area (TPSA) is 66.8 Å². The molecule has 5 nitrogen and oxygen atoms in total. The Bertz CT molecular complexity index is 591. The number of hydrogen-bond donors (Lipinski definition) is 1. The Morgan fingerprint density at radius 1 is 1.18 bits per heavy atom. The van der Waals surface area contributed by atoms with E-state index < -0.39 is 18.2 Å². The Balaban J connectivity index is 1.75. The van der Waals surface area contributed by atoms with E-state index in [2.05, 4.69) is 0 Å². The molecule has 22 heavy (non-hydrogen) atoms. The number of carbonyl (C=O) groups excluding carboxylic acids is 1. The van der Waals surface area contributed by atoms with Crippen LogP contribution in [0, 0.1) is 0 Å². The predicted octanol–water partition coefficient (Wildman–Crippen LogP) is 2.64. The predicted molar refractivity (Wildman–Crippen MR) is 80.7 cm³/mol. The molecule has 0 bridgehead atoms. The number of rotatable bonds is 3. The molecular formula is C16H18ClNO4. The van der Waals surface area contributed by atoms with Crippen molar-refractivity contribution in [2.24, 2.45) is 0 Å². The lowest BCUT2D eigenvalue weighted by Crippen LogP contribution is -2.39. The first kappa shape index (κ1) is 15.3. The molecule has 2 fully saturated rings. The van der Waals surface area contributed by atoms with Crippen LogP contribution in [-0.4, -0.2) is 40.6 Å². The molecule has 3 atom stereocenters. The number of carboxylic acids is 1. The molecule has 6 heteroatoms. The van der Waals surface area contributed by atoms with Gasteiger partial charge in [-0.1, -0.05) is 29.8 Å². The van der Waals surface area contributed by atoms with Crippen LogP contribution in [0.1, 0.15) is 37.3 Å². The van der Waals surface area contributed by atoms with Crippen LogP contribution >= 0.6 is 11.6 Å². The second-order valence-corrected chi connectivity index (χ2v) is 6.15. The van der Waals surface area contributed by atoms with Crippen LogP contribution < -0.4 is 0 Å². The summed E-state index contributed by atoms with van der Waals surface area (Å²) in [5, 5.41) is 9.63. The van der Waals surface area contributed by atoms with Gasteiger partial charge in [-0.2, -0.15) is 0 Å². The van der Waals surface area contributed by atoms with Crippen molar-refractivity contribution in [1.82, 2.24) is 4.90 Å². The van der Waals surface area contributed by atoms with Crippen molar-refractivity contribution in [2.75, 3.05) is 6.54 Å². The summed E-state index contributed by atoms with van der Waals surface area (Å²) < 4.78 is 5.39. The average Bonchev–Trinajstić information content (AvgIpc) is 3.16. The number of likely N-dealkylation sites (tertiary alicyclic amines) is 1. The maximum Gasteiger partial charge on any atom is 0.332 e. The highest BCUT2D eigenvalue weighted by molar-refractivity contribution is 6.31. The molecule has 2 aliphatic rings. The molecule has 0 spiro atoms. The normalized spacial score (nSPS) is 28.0. The third-order valence-electron chi connectivity index (χ3n) is 4.37. The van der Waals surface area contributed by atoms with Gasteiger partial charge in [-0.3, -0.25) is 4.79 Å². The molecule has 2 aliphatic heterocycles. The van der Waals surface area contributed by atoms with Gasteiger partial charge in [0.25, 0.3) is 5.91 Å². The summed E-state index contributed by atoms with van der Waals surface area (Å²) in [6.07, 6.45) is 1.11. The lowest BCUT2D eigenvalue weighted by atomic mass is 10.0. The van der Waals surface area contributed by atoms with Gasteiger partial charge in [0, 0.05) is 11.6 Å². The van der Waals surface area contributed by atoms with E-state index in [1.807, 2.05) is 24.3 Å². The smallest absolute Gasteiger partial charge is 0.332 e. The number of benzene rings is 1. The van der Waals surface area contributed by atoms with E-state index >= 15 is 0 Å². The number of ether oxygens (including phenoxy) is 1. The molecule has 0 saturated carbocycles. The van der Waals surface area contributed by atoms with Gasteiger partial charge < -0.3 is 14.7 Å². The highest BCUT2D eigenvalue weighted by Gasteiger charge is 2.40. The molecule has 0 aromatic heterocycles. The summed E-state index contributed by atoms with van der Waals surface area (Å²) >= 11 is 6.25. The largest absolute Gasteiger partial charge is 0.479 e.